The topological polar surface area (TPSA) is 95.5 Å². The fraction of sp³-hybridized carbons (Fsp3) is 0.762. The van der Waals surface area contributed by atoms with Gasteiger partial charge < -0.3 is 5.11 Å². The monoisotopic (exact) mass is 376 g/mol. The largest absolute Gasteiger partial charge is 0.481 e. The van der Waals surface area contributed by atoms with Crippen LogP contribution < -0.4 is 10.9 Å². The molecule has 150 valence electrons. The summed E-state index contributed by atoms with van der Waals surface area (Å²) in [5.41, 5.74) is 7.30. The molecular weight excluding hydrogens is 344 g/mol. The molecule has 3 N–H and O–H groups in total. The first-order valence-electron chi connectivity index (χ1n) is 10.4. The number of hydrogen-bond acceptors (Lipinski definition) is 3. The van der Waals surface area contributed by atoms with Crippen LogP contribution in [0.4, 0.5) is 0 Å². The summed E-state index contributed by atoms with van der Waals surface area (Å²) < 4.78 is 0. The molecule has 2 bridgehead atoms. The van der Waals surface area contributed by atoms with Crippen LogP contribution in [0.15, 0.2) is 11.1 Å². The van der Waals surface area contributed by atoms with Gasteiger partial charge in [0.15, 0.2) is 0 Å². The molecule has 0 radical (unpaired) electrons. The molecule has 0 saturated heterocycles. The van der Waals surface area contributed by atoms with Crippen molar-refractivity contribution in [1.29, 1.82) is 0 Å². The van der Waals surface area contributed by atoms with E-state index in [-0.39, 0.29) is 23.7 Å². The van der Waals surface area contributed by atoms with Crippen molar-refractivity contribution in [3.63, 3.8) is 0 Å². The van der Waals surface area contributed by atoms with E-state index in [0.717, 1.165) is 30.4 Å². The second-order valence-electron chi connectivity index (χ2n) is 8.72. The number of hydrogen-bond donors (Lipinski definition) is 3. The fourth-order valence-electron chi connectivity index (χ4n) is 5.69. The van der Waals surface area contributed by atoms with Gasteiger partial charge in [-0.15, -0.1) is 0 Å². The minimum atomic E-state index is -0.912. The number of nitrogens with one attached hydrogen (secondary N) is 2. The average molecular weight is 376 g/mol. The third kappa shape index (κ3) is 4.19. The van der Waals surface area contributed by atoms with Crippen molar-refractivity contribution in [3.8, 4) is 0 Å². The van der Waals surface area contributed by atoms with Gasteiger partial charge in [0.05, 0.1) is 11.8 Å². The molecule has 3 saturated carbocycles. The lowest BCUT2D eigenvalue weighted by Crippen LogP contribution is -2.48. The summed E-state index contributed by atoms with van der Waals surface area (Å²) in [5, 5.41) is 9.67. The van der Waals surface area contributed by atoms with E-state index in [4.69, 9.17) is 0 Å². The van der Waals surface area contributed by atoms with E-state index in [1.54, 1.807) is 0 Å². The SMILES string of the molecule is CC(C)=C1[C@H]2CC[C@@H]1[C@@H](C(=O)NNC(=O)CCC1CCCCC1)[C@@H]2C(=O)O. The number of allylic oxidation sites excluding steroid dienone is 2. The van der Waals surface area contributed by atoms with Crippen LogP contribution in [-0.2, 0) is 14.4 Å². The van der Waals surface area contributed by atoms with Gasteiger partial charge in [-0.2, -0.15) is 0 Å². The van der Waals surface area contributed by atoms with Gasteiger partial charge in [0.1, 0.15) is 0 Å². The first-order valence-corrected chi connectivity index (χ1v) is 10.4. The van der Waals surface area contributed by atoms with E-state index in [2.05, 4.69) is 10.9 Å². The van der Waals surface area contributed by atoms with E-state index in [9.17, 15) is 19.5 Å². The second kappa shape index (κ2) is 8.44. The summed E-state index contributed by atoms with van der Waals surface area (Å²) in [6.45, 7) is 3.99. The molecule has 0 aromatic carbocycles. The lowest BCUT2D eigenvalue weighted by Gasteiger charge is -2.26. The first-order chi connectivity index (χ1) is 12.9. The molecule has 0 heterocycles. The van der Waals surface area contributed by atoms with Crippen LogP contribution in [0.1, 0.15) is 71.6 Å². The zero-order valence-corrected chi connectivity index (χ0v) is 16.4. The van der Waals surface area contributed by atoms with Gasteiger partial charge in [0.2, 0.25) is 11.8 Å². The average Bonchev–Trinajstić information content (AvgIpc) is 3.21. The molecule has 0 aromatic rings. The fourth-order valence-corrected chi connectivity index (χ4v) is 5.69. The minimum Gasteiger partial charge on any atom is -0.481 e. The van der Waals surface area contributed by atoms with Crippen molar-refractivity contribution in [2.24, 2.45) is 29.6 Å². The number of fused-ring (bicyclic) bond motifs is 2. The first kappa shape index (κ1) is 19.9. The summed E-state index contributed by atoms with van der Waals surface area (Å²) in [4.78, 5) is 36.6. The molecule has 3 rings (SSSR count). The quantitative estimate of drug-likeness (QED) is 0.507. The van der Waals surface area contributed by atoms with Crippen molar-refractivity contribution in [3.05, 3.63) is 11.1 Å². The van der Waals surface area contributed by atoms with Crippen LogP contribution in [0, 0.1) is 29.6 Å². The standard InChI is InChI=1S/C21H32N2O4/c1-12(2)17-14-9-10-15(17)19(21(26)27)18(14)20(25)23-22-16(24)11-8-13-6-4-3-5-7-13/h13-15,18-19H,3-11H2,1-2H3,(H,22,24)(H,23,25)(H,26,27)/t14-,15+,18+,19+/m0/s1. The van der Waals surface area contributed by atoms with E-state index in [1.165, 1.54) is 32.1 Å². The molecule has 2 amide bonds. The highest BCUT2D eigenvalue weighted by atomic mass is 16.4. The molecule has 0 aliphatic heterocycles. The lowest BCUT2D eigenvalue weighted by atomic mass is 9.79. The summed E-state index contributed by atoms with van der Waals surface area (Å²) >= 11 is 0. The maximum Gasteiger partial charge on any atom is 0.307 e. The van der Waals surface area contributed by atoms with Crippen molar-refractivity contribution >= 4 is 17.8 Å². The number of amides is 2. The van der Waals surface area contributed by atoms with E-state index in [1.807, 2.05) is 13.8 Å². The minimum absolute atomic E-state index is 0.0137. The highest BCUT2D eigenvalue weighted by molar-refractivity contribution is 5.89. The molecule has 3 aliphatic carbocycles. The molecule has 0 unspecified atom stereocenters. The molecule has 4 atom stereocenters. The highest BCUT2D eigenvalue weighted by Crippen LogP contribution is 2.57. The molecule has 27 heavy (non-hydrogen) atoms. The lowest BCUT2D eigenvalue weighted by molar-refractivity contribution is -0.149. The maximum absolute atomic E-state index is 12.7. The Labute approximate surface area is 161 Å². The van der Waals surface area contributed by atoms with Crippen LogP contribution >= 0.6 is 0 Å². The predicted octanol–water partition coefficient (Wildman–Crippen LogP) is 3.19. The van der Waals surface area contributed by atoms with Gasteiger partial charge in [-0.1, -0.05) is 43.3 Å². The third-order valence-electron chi connectivity index (χ3n) is 6.84. The molecule has 3 aliphatic rings. The van der Waals surface area contributed by atoms with Crippen LogP contribution in [0.3, 0.4) is 0 Å². The highest BCUT2D eigenvalue weighted by Gasteiger charge is 2.57. The Hall–Kier alpha value is -1.85. The predicted molar refractivity (Wildman–Crippen MR) is 101 cm³/mol. The zero-order chi connectivity index (χ0) is 19.6. The Morgan fingerprint density at radius 2 is 1.56 bits per heavy atom. The number of aliphatic carboxylic acids is 1. The smallest absolute Gasteiger partial charge is 0.307 e. The van der Waals surface area contributed by atoms with Gasteiger partial charge in [-0.05, 0) is 50.9 Å². The summed E-state index contributed by atoms with van der Waals surface area (Å²) in [7, 11) is 0. The zero-order valence-electron chi connectivity index (χ0n) is 16.4. The van der Waals surface area contributed by atoms with Gasteiger partial charge in [0, 0.05) is 6.42 Å². The van der Waals surface area contributed by atoms with Gasteiger partial charge in [-0.3, -0.25) is 25.2 Å². The Balaban J connectivity index is 1.54. The molecular formula is C21H32N2O4. The summed E-state index contributed by atoms with van der Waals surface area (Å²) in [6.07, 6.45) is 9.11. The van der Waals surface area contributed by atoms with Crippen molar-refractivity contribution in [2.45, 2.75) is 71.6 Å². The Morgan fingerprint density at radius 3 is 2.15 bits per heavy atom. The Bertz CT molecular complexity index is 632. The Kier molecular flexibility index (Phi) is 6.22. The van der Waals surface area contributed by atoms with Gasteiger partial charge in [-0.25, -0.2) is 0 Å². The summed E-state index contributed by atoms with van der Waals surface area (Å²) in [5.74, 6) is -2.19. The van der Waals surface area contributed by atoms with E-state index < -0.39 is 17.8 Å². The van der Waals surface area contributed by atoms with Crippen molar-refractivity contribution in [2.75, 3.05) is 0 Å². The molecule has 3 fully saturated rings. The van der Waals surface area contributed by atoms with Crippen LogP contribution in [0.5, 0.6) is 0 Å². The summed E-state index contributed by atoms with van der Waals surface area (Å²) in [6, 6.07) is 0. The normalized spacial score (nSPS) is 30.2. The number of rotatable bonds is 5. The van der Waals surface area contributed by atoms with Crippen LogP contribution in [0.2, 0.25) is 0 Å². The second-order valence-corrected chi connectivity index (χ2v) is 8.72. The molecule has 0 spiro atoms. The maximum atomic E-state index is 12.7. The third-order valence-corrected chi connectivity index (χ3v) is 6.84. The van der Waals surface area contributed by atoms with Crippen molar-refractivity contribution < 1.29 is 19.5 Å². The molecule has 6 heteroatoms. The number of carboxylic acid groups (broad SMARTS) is 1. The van der Waals surface area contributed by atoms with Crippen molar-refractivity contribution in [1.82, 2.24) is 10.9 Å². The number of carbonyl (C=O) groups is 3. The van der Waals surface area contributed by atoms with E-state index in [0.29, 0.717) is 12.3 Å². The Morgan fingerprint density at radius 1 is 0.926 bits per heavy atom. The van der Waals surface area contributed by atoms with Crippen LogP contribution in [0.25, 0.3) is 0 Å². The van der Waals surface area contributed by atoms with Gasteiger partial charge in [0.25, 0.3) is 0 Å². The molecule has 0 aromatic heterocycles. The number of hydrazine groups is 1. The van der Waals surface area contributed by atoms with Gasteiger partial charge >= 0.3 is 5.97 Å². The van der Waals surface area contributed by atoms with Crippen LogP contribution in [-0.4, -0.2) is 22.9 Å². The number of carboxylic acids is 1. The van der Waals surface area contributed by atoms with E-state index >= 15 is 0 Å². The number of carbonyl (C=O) groups excluding carboxylic acids is 2. The molecule has 6 nitrogen and oxygen atoms in total.